The van der Waals surface area contributed by atoms with Crippen LogP contribution in [0.4, 0.5) is 0 Å². The van der Waals surface area contributed by atoms with Crippen LogP contribution in [0.1, 0.15) is 30.8 Å². The fourth-order valence-electron chi connectivity index (χ4n) is 1.49. The zero-order valence-corrected chi connectivity index (χ0v) is 10.3. The highest BCUT2D eigenvalue weighted by Gasteiger charge is 2.07. The molecule has 0 saturated heterocycles. The van der Waals surface area contributed by atoms with Gasteiger partial charge in [-0.2, -0.15) is 5.10 Å². The van der Waals surface area contributed by atoms with Crippen molar-refractivity contribution in [1.29, 1.82) is 0 Å². The summed E-state index contributed by atoms with van der Waals surface area (Å²) in [5.74, 6) is -1.19. The average molecular weight is 304 g/mol. The van der Waals surface area contributed by atoms with Gasteiger partial charge in [0.2, 0.25) is 0 Å². The lowest BCUT2D eigenvalue weighted by Gasteiger charge is -2.02. The standard InChI is InChI=1S/C14H12N2O4.2CH4/c17-11-4-2-1-3-10(11)8-15-16-14(20)9-5-6-12(18)13(19)7-9;;/h1-8,17-19H,(H,16,20);2*1H4/b15-8+;;. The second-order valence-electron chi connectivity index (χ2n) is 3.96. The van der Waals surface area contributed by atoms with Crippen LogP contribution in [0.2, 0.25) is 0 Å². The number of carbonyl (C=O) groups excluding carboxylic acids is 1. The van der Waals surface area contributed by atoms with Crippen LogP contribution in [0, 0.1) is 0 Å². The maximum Gasteiger partial charge on any atom is 0.271 e. The maximum atomic E-state index is 11.7. The monoisotopic (exact) mass is 304 g/mol. The third-order valence-corrected chi connectivity index (χ3v) is 2.54. The smallest absolute Gasteiger partial charge is 0.271 e. The molecule has 118 valence electrons. The summed E-state index contributed by atoms with van der Waals surface area (Å²) in [7, 11) is 0. The molecule has 22 heavy (non-hydrogen) atoms. The van der Waals surface area contributed by atoms with Crippen molar-refractivity contribution in [2.24, 2.45) is 5.10 Å². The van der Waals surface area contributed by atoms with Crippen LogP contribution in [0.5, 0.6) is 17.2 Å². The first-order valence-electron chi connectivity index (χ1n) is 5.71. The molecule has 0 fully saturated rings. The molecule has 6 nitrogen and oxygen atoms in total. The van der Waals surface area contributed by atoms with E-state index in [1.54, 1.807) is 18.2 Å². The van der Waals surface area contributed by atoms with Gasteiger partial charge in [-0.3, -0.25) is 4.79 Å². The summed E-state index contributed by atoms with van der Waals surface area (Å²) in [6, 6.07) is 10.2. The van der Waals surface area contributed by atoms with Gasteiger partial charge in [0.1, 0.15) is 5.75 Å². The van der Waals surface area contributed by atoms with Gasteiger partial charge in [-0.25, -0.2) is 5.43 Å². The Morgan fingerprint density at radius 2 is 1.64 bits per heavy atom. The van der Waals surface area contributed by atoms with Gasteiger partial charge in [-0.15, -0.1) is 0 Å². The van der Waals surface area contributed by atoms with Gasteiger partial charge >= 0.3 is 0 Å². The predicted molar refractivity (Wildman–Crippen MR) is 86.4 cm³/mol. The van der Waals surface area contributed by atoms with E-state index < -0.39 is 5.91 Å². The van der Waals surface area contributed by atoms with Gasteiger partial charge in [0.15, 0.2) is 11.5 Å². The third-order valence-electron chi connectivity index (χ3n) is 2.54. The molecule has 6 heteroatoms. The Kier molecular flexibility index (Phi) is 7.17. The summed E-state index contributed by atoms with van der Waals surface area (Å²) in [6.45, 7) is 0. The summed E-state index contributed by atoms with van der Waals surface area (Å²) < 4.78 is 0. The molecule has 0 unspecified atom stereocenters. The molecule has 0 saturated carbocycles. The highest BCUT2D eigenvalue weighted by atomic mass is 16.3. The summed E-state index contributed by atoms with van der Waals surface area (Å²) in [6.07, 6.45) is 1.30. The van der Waals surface area contributed by atoms with E-state index in [0.717, 1.165) is 6.07 Å². The first-order valence-corrected chi connectivity index (χ1v) is 5.71. The summed E-state index contributed by atoms with van der Waals surface area (Å²) in [5, 5.41) is 31.6. The van der Waals surface area contributed by atoms with Crippen LogP contribution in [-0.4, -0.2) is 27.4 Å². The van der Waals surface area contributed by atoms with Crippen molar-refractivity contribution in [2.45, 2.75) is 14.9 Å². The fraction of sp³-hybridized carbons (Fsp3) is 0.125. The van der Waals surface area contributed by atoms with Crippen molar-refractivity contribution in [1.82, 2.24) is 5.43 Å². The number of para-hydroxylation sites is 1. The number of phenolic OH excluding ortho intramolecular Hbond substituents is 3. The molecule has 0 aliphatic heterocycles. The Bertz CT molecular complexity index is 669. The van der Waals surface area contributed by atoms with Crippen LogP contribution in [0.25, 0.3) is 0 Å². The van der Waals surface area contributed by atoms with E-state index >= 15 is 0 Å². The van der Waals surface area contributed by atoms with E-state index in [-0.39, 0.29) is 37.7 Å². The van der Waals surface area contributed by atoms with E-state index in [2.05, 4.69) is 10.5 Å². The van der Waals surface area contributed by atoms with Crippen molar-refractivity contribution in [3.8, 4) is 17.2 Å². The van der Waals surface area contributed by atoms with E-state index in [1.165, 1.54) is 24.4 Å². The van der Waals surface area contributed by atoms with Gasteiger partial charge < -0.3 is 15.3 Å². The number of amides is 1. The maximum absolute atomic E-state index is 11.7. The molecule has 0 spiro atoms. The molecule has 0 radical (unpaired) electrons. The number of rotatable bonds is 3. The molecule has 2 aromatic carbocycles. The molecule has 0 bridgehead atoms. The number of aromatic hydroxyl groups is 3. The van der Waals surface area contributed by atoms with Crippen molar-refractivity contribution >= 4 is 12.1 Å². The molecule has 4 N–H and O–H groups in total. The quantitative estimate of drug-likeness (QED) is 0.398. The fourth-order valence-corrected chi connectivity index (χ4v) is 1.49. The second kappa shape index (κ2) is 8.31. The highest BCUT2D eigenvalue weighted by molar-refractivity contribution is 5.95. The van der Waals surface area contributed by atoms with E-state index in [4.69, 9.17) is 5.11 Å². The van der Waals surface area contributed by atoms with E-state index in [0.29, 0.717) is 5.56 Å². The van der Waals surface area contributed by atoms with Gasteiger partial charge in [0.05, 0.1) is 6.21 Å². The number of hydrogen-bond acceptors (Lipinski definition) is 5. The largest absolute Gasteiger partial charge is 0.507 e. The molecule has 1 amide bonds. The number of nitrogens with one attached hydrogen (secondary N) is 1. The third kappa shape index (κ3) is 4.52. The van der Waals surface area contributed by atoms with E-state index in [9.17, 15) is 15.0 Å². The Labute approximate surface area is 129 Å². The normalized spacial score (nSPS) is 9.64. The molecule has 0 heterocycles. The van der Waals surface area contributed by atoms with Crippen LogP contribution in [0.15, 0.2) is 47.6 Å². The van der Waals surface area contributed by atoms with Crippen LogP contribution in [-0.2, 0) is 0 Å². The predicted octanol–water partition coefficient (Wildman–Crippen LogP) is 2.84. The van der Waals surface area contributed by atoms with Gasteiger partial charge in [0, 0.05) is 11.1 Å². The van der Waals surface area contributed by atoms with Crippen LogP contribution < -0.4 is 5.43 Å². The number of benzene rings is 2. The minimum Gasteiger partial charge on any atom is -0.507 e. The Morgan fingerprint density at radius 3 is 2.27 bits per heavy atom. The number of phenols is 3. The Hall–Kier alpha value is -3.02. The Morgan fingerprint density at radius 1 is 0.955 bits per heavy atom. The Balaban J connectivity index is 0.00000220. The molecule has 0 aliphatic carbocycles. The van der Waals surface area contributed by atoms with Crippen LogP contribution >= 0.6 is 0 Å². The lowest BCUT2D eigenvalue weighted by atomic mass is 10.2. The molecular weight excluding hydrogens is 284 g/mol. The molecule has 2 rings (SSSR count). The van der Waals surface area contributed by atoms with Gasteiger partial charge in [-0.1, -0.05) is 27.0 Å². The average Bonchev–Trinajstić information content (AvgIpc) is 2.44. The van der Waals surface area contributed by atoms with Gasteiger partial charge in [0.25, 0.3) is 5.91 Å². The first kappa shape index (κ1) is 19.0. The summed E-state index contributed by atoms with van der Waals surface area (Å²) in [4.78, 5) is 11.7. The first-order chi connectivity index (χ1) is 9.58. The minimum absolute atomic E-state index is 0. The number of carbonyl (C=O) groups is 1. The van der Waals surface area contributed by atoms with Crippen molar-refractivity contribution in [2.75, 3.05) is 0 Å². The summed E-state index contributed by atoms with van der Waals surface area (Å²) >= 11 is 0. The molecule has 0 aliphatic rings. The van der Waals surface area contributed by atoms with Crippen molar-refractivity contribution in [3.63, 3.8) is 0 Å². The lowest BCUT2D eigenvalue weighted by molar-refractivity contribution is 0.0954. The minimum atomic E-state index is -0.549. The van der Waals surface area contributed by atoms with Crippen LogP contribution in [0.3, 0.4) is 0 Å². The molecular formula is C16H20N2O4. The topological polar surface area (TPSA) is 102 Å². The zero-order valence-electron chi connectivity index (χ0n) is 10.3. The highest BCUT2D eigenvalue weighted by Crippen LogP contribution is 2.24. The van der Waals surface area contributed by atoms with Crippen molar-refractivity contribution in [3.05, 3.63) is 53.6 Å². The summed E-state index contributed by atoms with van der Waals surface area (Å²) in [5.41, 5.74) is 2.86. The van der Waals surface area contributed by atoms with Gasteiger partial charge in [-0.05, 0) is 30.3 Å². The number of hydrogen-bond donors (Lipinski definition) is 4. The SMILES string of the molecule is C.C.O=C(N/N=C/c1ccccc1O)c1ccc(O)c(O)c1. The molecule has 0 atom stereocenters. The second-order valence-corrected chi connectivity index (χ2v) is 3.96. The number of nitrogens with zero attached hydrogens (tertiary/aromatic N) is 1. The van der Waals surface area contributed by atoms with Crippen molar-refractivity contribution < 1.29 is 20.1 Å². The number of hydrazone groups is 1. The van der Waals surface area contributed by atoms with E-state index in [1.807, 2.05) is 0 Å². The zero-order chi connectivity index (χ0) is 14.5. The molecule has 0 aromatic heterocycles. The lowest BCUT2D eigenvalue weighted by Crippen LogP contribution is -2.17. The molecule has 2 aromatic rings.